The van der Waals surface area contributed by atoms with Gasteiger partial charge in [0.1, 0.15) is 11.6 Å². The molecule has 2 rings (SSSR count). The van der Waals surface area contributed by atoms with Crippen molar-refractivity contribution in [2.24, 2.45) is 0 Å². The van der Waals surface area contributed by atoms with Crippen LogP contribution in [-0.2, 0) is 6.54 Å². The molecular weight excluding hydrogens is 292 g/mol. The molecule has 0 amide bonds. The van der Waals surface area contributed by atoms with Crippen molar-refractivity contribution in [3.05, 3.63) is 52.1 Å². The van der Waals surface area contributed by atoms with Crippen molar-refractivity contribution in [2.75, 3.05) is 12.4 Å². The van der Waals surface area contributed by atoms with E-state index in [1.54, 1.807) is 7.11 Å². The highest BCUT2D eigenvalue weighted by molar-refractivity contribution is 9.10. The molecule has 1 aromatic heterocycles. The smallest absolute Gasteiger partial charge is 0.140 e. The van der Waals surface area contributed by atoms with Crippen molar-refractivity contribution in [3.63, 3.8) is 0 Å². The van der Waals surface area contributed by atoms with Gasteiger partial charge in [-0.05, 0) is 52.2 Å². The predicted molar refractivity (Wildman–Crippen MR) is 77.0 cm³/mol. The minimum Gasteiger partial charge on any atom is -0.497 e. The number of ether oxygens (including phenoxy) is 1. The minimum atomic E-state index is 0.735. The number of anilines is 1. The van der Waals surface area contributed by atoms with Gasteiger partial charge in [0, 0.05) is 12.7 Å². The lowest BCUT2D eigenvalue weighted by Gasteiger charge is -2.08. The molecule has 0 spiro atoms. The lowest BCUT2D eigenvalue weighted by atomic mass is 10.2. The molecule has 18 heavy (non-hydrogen) atoms. The van der Waals surface area contributed by atoms with Crippen LogP contribution in [0, 0.1) is 6.92 Å². The molecule has 0 saturated carbocycles. The van der Waals surface area contributed by atoms with Crippen LogP contribution in [0.15, 0.2) is 41.0 Å². The number of benzene rings is 1. The van der Waals surface area contributed by atoms with Crippen LogP contribution in [0.5, 0.6) is 5.75 Å². The third-order valence-electron chi connectivity index (χ3n) is 2.60. The fraction of sp³-hybridized carbons (Fsp3) is 0.214. The van der Waals surface area contributed by atoms with Crippen LogP contribution in [0.1, 0.15) is 11.1 Å². The molecule has 0 radical (unpaired) electrons. The molecule has 1 heterocycles. The Morgan fingerprint density at radius 2 is 2.00 bits per heavy atom. The molecular formula is C14H15BrN2O. The number of hydrogen-bond acceptors (Lipinski definition) is 3. The van der Waals surface area contributed by atoms with E-state index in [1.165, 1.54) is 5.56 Å². The molecule has 0 bridgehead atoms. The van der Waals surface area contributed by atoms with E-state index in [2.05, 4.69) is 26.2 Å². The van der Waals surface area contributed by atoms with Gasteiger partial charge in [-0.3, -0.25) is 0 Å². The molecule has 0 saturated heterocycles. The van der Waals surface area contributed by atoms with Crippen LogP contribution in [0.4, 0.5) is 5.82 Å². The van der Waals surface area contributed by atoms with Gasteiger partial charge >= 0.3 is 0 Å². The monoisotopic (exact) mass is 306 g/mol. The predicted octanol–water partition coefficient (Wildman–Crippen LogP) is 3.77. The summed E-state index contributed by atoms with van der Waals surface area (Å²) in [6, 6.07) is 10.0. The summed E-state index contributed by atoms with van der Waals surface area (Å²) >= 11 is 3.50. The first kappa shape index (κ1) is 12.9. The molecule has 0 unspecified atom stereocenters. The number of rotatable bonds is 4. The van der Waals surface area contributed by atoms with Crippen LogP contribution in [0.3, 0.4) is 0 Å². The van der Waals surface area contributed by atoms with Gasteiger partial charge in [0.25, 0.3) is 0 Å². The Morgan fingerprint density at radius 3 is 2.61 bits per heavy atom. The van der Waals surface area contributed by atoms with Gasteiger partial charge in [0.15, 0.2) is 0 Å². The van der Waals surface area contributed by atoms with Crippen LogP contribution >= 0.6 is 15.9 Å². The summed E-state index contributed by atoms with van der Waals surface area (Å²) in [5.41, 5.74) is 2.32. The van der Waals surface area contributed by atoms with E-state index in [-0.39, 0.29) is 0 Å². The highest BCUT2D eigenvalue weighted by atomic mass is 79.9. The Labute approximate surface area is 115 Å². The largest absolute Gasteiger partial charge is 0.497 e. The Morgan fingerprint density at radius 1 is 1.28 bits per heavy atom. The number of aromatic nitrogens is 1. The van der Waals surface area contributed by atoms with Gasteiger partial charge < -0.3 is 10.1 Å². The van der Waals surface area contributed by atoms with Crippen molar-refractivity contribution in [1.82, 2.24) is 4.98 Å². The van der Waals surface area contributed by atoms with Crippen molar-refractivity contribution in [1.29, 1.82) is 0 Å². The van der Waals surface area contributed by atoms with Crippen LogP contribution in [0.25, 0.3) is 0 Å². The second-order valence-electron chi connectivity index (χ2n) is 4.04. The molecule has 0 aliphatic carbocycles. The third kappa shape index (κ3) is 3.23. The van der Waals surface area contributed by atoms with Gasteiger partial charge in [0.05, 0.1) is 11.6 Å². The van der Waals surface area contributed by atoms with E-state index in [4.69, 9.17) is 4.74 Å². The first-order valence-corrected chi connectivity index (χ1v) is 6.47. The molecule has 1 aromatic carbocycles. The first-order chi connectivity index (χ1) is 8.69. The summed E-state index contributed by atoms with van der Waals surface area (Å²) in [6.45, 7) is 2.75. The Hall–Kier alpha value is -1.55. The zero-order valence-electron chi connectivity index (χ0n) is 10.4. The SMILES string of the molecule is COc1ccc(CNc2ncc(C)cc2Br)cc1. The molecule has 1 N–H and O–H groups in total. The van der Waals surface area contributed by atoms with Crippen molar-refractivity contribution >= 4 is 21.7 Å². The summed E-state index contributed by atoms with van der Waals surface area (Å²) < 4.78 is 6.11. The highest BCUT2D eigenvalue weighted by Gasteiger charge is 2.01. The standard InChI is InChI=1S/C14H15BrN2O/c1-10-7-13(15)14(16-8-10)17-9-11-3-5-12(18-2)6-4-11/h3-8H,9H2,1-2H3,(H,16,17). The van der Waals surface area contributed by atoms with E-state index in [9.17, 15) is 0 Å². The number of methoxy groups -OCH3 is 1. The molecule has 0 fully saturated rings. The van der Waals surface area contributed by atoms with E-state index in [0.29, 0.717) is 0 Å². The highest BCUT2D eigenvalue weighted by Crippen LogP contribution is 2.21. The van der Waals surface area contributed by atoms with Gasteiger partial charge in [-0.1, -0.05) is 12.1 Å². The van der Waals surface area contributed by atoms with Crippen LogP contribution < -0.4 is 10.1 Å². The molecule has 2 aromatic rings. The number of halogens is 1. The molecule has 94 valence electrons. The van der Waals surface area contributed by atoms with E-state index < -0.39 is 0 Å². The molecule has 0 aliphatic rings. The fourth-order valence-electron chi connectivity index (χ4n) is 1.59. The quantitative estimate of drug-likeness (QED) is 0.933. The van der Waals surface area contributed by atoms with Crippen molar-refractivity contribution in [3.8, 4) is 5.75 Å². The number of aryl methyl sites for hydroxylation is 1. The van der Waals surface area contributed by atoms with E-state index in [1.807, 2.05) is 43.5 Å². The van der Waals surface area contributed by atoms with Crippen LogP contribution in [0.2, 0.25) is 0 Å². The Kier molecular flexibility index (Phi) is 4.20. The summed E-state index contributed by atoms with van der Waals surface area (Å²) in [4.78, 5) is 4.34. The lowest BCUT2D eigenvalue weighted by Crippen LogP contribution is -2.02. The maximum absolute atomic E-state index is 5.12. The number of nitrogens with zero attached hydrogens (tertiary/aromatic N) is 1. The Balaban J connectivity index is 2.02. The molecule has 4 heteroatoms. The maximum atomic E-state index is 5.12. The second-order valence-corrected chi connectivity index (χ2v) is 4.90. The number of pyridine rings is 1. The zero-order chi connectivity index (χ0) is 13.0. The third-order valence-corrected chi connectivity index (χ3v) is 3.20. The molecule has 0 aliphatic heterocycles. The van der Waals surface area contributed by atoms with Crippen LogP contribution in [-0.4, -0.2) is 12.1 Å². The summed E-state index contributed by atoms with van der Waals surface area (Å²) in [6.07, 6.45) is 1.85. The maximum Gasteiger partial charge on any atom is 0.140 e. The second kappa shape index (κ2) is 5.87. The van der Waals surface area contributed by atoms with E-state index >= 15 is 0 Å². The summed E-state index contributed by atoms with van der Waals surface area (Å²) in [5.74, 6) is 1.73. The van der Waals surface area contributed by atoms with Gasteiger partial charge in [0.2, 0.25) is 0 Å². The number of hydrogen-bond donors (Lipinski definition) is 1. The van der Waals surface area contributed by atoms with Crippen molar-refractivity contribution in [2.45, 2.75) is 13.5 Å². The average molecular weight is 307 g/mol. The molecule has 3 nitrogen and oxygen atoms in total. The van der Waals surface area contributed by atoms with Gasteiger partial charge in [-0.2, -0.15) is 0 Å². The summed E-state index contributed by atoms with van der Waals surface area (Å²) in [7, 11) is 1.67. The Bertz CT molecular complexity index is 526. The van der Waals surface area contributed by atoms with E-state index in [0.717, 1.165) is 28.1 Å². The minimum absolute atomic E-state index is 0.735. The average Bonchev–Trinajstić information content (AvgIpc) is 2.38. The number of nitrogens with one attached hydrogen (secondary N) is 1. The summed E-state index contributed by atoms with van der Waals surface area (Å²) in [5, 5.41) is 3.30. The van der Waals surface area contributed by atoms with Gasteiger partial charge in [-0.25, -0.2) is 4.98 Å². The normalized spacial score (nSPS) is 10.2. The topological polar surface area (TPSA) is 34.1 Å². The molecule has 0 atom stereocenters. The zero-order valence-corrected chi connectivity index (χ0v) is 12.0. The van der Waals surface area contributed by atoms with Crippen molar-refractivity contribution < 1.29 is 4.74 Å². The fourth-order valence-corrected chi connectivity index (χ4v) is 2.20. The first-order valence-electron chi connectivity index (χ1n) is 5.68. The van der Waals surface area contributed by atoms with Gasteiger partial charge in [-0.15, -0.1) is 0 Å². The lowest BCUT2D eigenvalue weighted by molar-refractivity contribution is 0.414.